The molecule has 2 rings (SSSR count). The molecular weight excluding hydrogens is 234 g/mol. The fraction of sp³-hybridized carbons (Fsp3) is 0.692. The molecule has 1 aliphatic rings. The first kappa shape index (κ1) is 13.2. The molecule has 100 valence electrons. The quantitative estimate of drug-likeness (QED) is 0.697. The standard InChI is InChI=1S/C13H19NO4/c1-2-16-9-11-7-12(14-18-11)13(15)4-3-10-5-6-17-8-10/h7,10H,2-6,8-9H2,1H3. The largest absolute Gasteiger partial charge is 0.381 e. The second-order valence-corrected chi connectivity index (χ2v) is 4.51. The minimum absolute atomic E-state index is 0.0356. The summed E-state index contributed by atoms with van der Waals surface area (Å²) >= 11 is 0. The number of carbonyl (C=O) groups excluding carboxylic acids is 1. The van der Waals surface area contributed by atoms with Crippen LogP contribution in [0.4, 0.5) is 0 Å². The second-order valence-electron chi connectivity index (χ2n) is 4.51. The number of aromatic nitrogens is 1. The molecule has 5 nitrogen and oxygen atoms in total. The highest BCUT2D eigenvalue weighted by Crippen LogP contribution is 2.19. The van der Waals surface area contributed by atoms with E-state index in [1.807, 2.05) is 6.92 Å². The maximum absolute atomic E-state index is 11.9. The van der Waals surface area contributed by atoms with Gasteiger partial charge in [0, 0.05) is 32.3 Å². The van der Waals surface area contributed by atoms with E-state index in [0.29, 0.717) is 37.0 Å². The van der Waals surface area contributed by atoms with Crippen LogP contribution in [0.3, 0.4) is 0 Å². The van der Waals surface area contributed by atoms with Gasteiger partial charge in [-0.15, -0.1) is 0 Å². The normalized spacial score (nSPS) is 19.3. The molecule has 2 heterocycles. The summed E-state index contributed by atoms with van der Waals surface area (Å²) in [4.78, 5) is 11.9. The zero-order valence-electron chi connectivity index (χ0n) is 10.7. The van der Waals surface area contributed by atoms with Crippen molar-refractivity contribution in [3.05, 3.63) is 17.5 Å². The molecule has 0 aromatic carbocycles. The van der Waals surface area contributed by atoms with E-state index in [0.717, 1.165) is 26.1 Å². The van der Waals surface area contributed by atoms with Gasteiger partial charge in [-0.05, 0) is 25.7 Å². The van der Waals surface area contributed by atoms with Crippen LogP contribution in [-0.2, 0) is 16.1 Å². The lowest BCUT2D eigenvalue weighted by atomic mass is 10.00. The first-order chi connectivity index (χ1) is 8.79. The number of ketones is 1. The highest BCUT2D eigenvalue weighted by molar-refractivity contribution is 5.94. The van der Waals surface area contributed by atoms with Gasteiger partial charge in [0.15, 0.2) is 11.5 Å². The molecule has 1 fully saturated rings. The van der Waals surface area contributed by atoms with Crippen molar-refractivity contribution < 1.29 is 18.8 Å². The summed E-state index contributed by atoms with van der Waals surface area (Å²) in [6.45, 7) is 4.49. The number of nitrogens with zero attached hydrogens (tertiary/aromatic N) is 1. The summed E-state index contributed by atoms with van der Waals surface area (Å²) in [7, 11) is 0. The predicted octanol–water partition coefficient (Wildman–Crippen LogP) is 2.21. The third-order valence-electron chi connectivity index (χ3n) is 3.10. The van der Waals surface area contributed by atoms with Crippen molar-refractivity contribution in [3.8, 4) is 0 Å². The Hall–Kier alpha value is -1.20. The lowest BCUT2D eigenvalue weighted by Gasteiger charge is -2.04. The van der Waals surface area contributed by atoms with Crippen molar-refractivity contribution in [1.29, 1.82) is 0 Å². The molecule has 0 N–H and O–H groups in total. The highest BCUT2D eigenvalue weighted by Gasteiger charge is 2.19. The van der Waals surface area contributed by atoms with Crippen LogP contribution in [0.15, 0.2) is 10.6 Å². The number of hydrogen-bond donors (Lipinski definition) is 0. The van der Waals surface area contributed by atoms with E-state index in [-0.39, 0.29) is 5.78 Å². The van der Waals surface area contributed by atoms with Crippen LogP contribution in [0.25, 0.3) is 0 Å². The minimum atomic E-state index is 0.0356. The Morgan fingerprint density at radius 2 is 2.50 bits per heavy atom. The summed E-state index contributed by atoms with van der Waals surface area (Å²) in [5.41, 5.74) is 0.406. The molecule has 1 aromatic rings. The molecule has 18 heavy (non-hydrogen) atoms. The fourth-order valence-electron chi connectivity index (χ4n) is 1.99. The Labute approximate surface area is 106 Å². The Balaban J connectivity index is 1.78. The molecule has 0 aliphatic carbocycles. The molecule has 1 unspecified atom stereocenters. The second kappa shape index (κ2) is 6.66. The van der Waals surface area contributed by atoms with Gasteiger partial charge in [0.05, 0.1) is 0 Å². The van der Waals surface area contributed by atoms with E-state index < -0.39 is 0 Å². The smallest absolute Gasteiger partial charge is 0.184 e. The fourth-order valence-corrected chi connectivity index (χ4v) is 1.99. The Kier molecular flexibility index (Phi) is 4.90. The summed E-state index contributed by atoms with van der Waals surface area (Å²) < 4.78 is 15.5. The van der Waals surface area contributed by atoms with Crippen LogP contribution < -0.4 is 0 Å². The average molecular weight is 253 g/mol. The molecule has 1 atom stereocenters. The first-order valence-corrected chi connectivity index (χ1v) is 6.44. The molecule has 0 amide bonds. The van der Waals surface area contributed by atoms with Gasteiger partial charge < -0.3 is 14.0 Å². The molecular formula is C13H19NO4. The summed E-state index contributed by atoms with van der Waals surface area (Å²) in [6.07, 6.45) is 2.43. The number of ether oxygens (including phenoxy) is 2. The lowest BCUT2D eigenvalue weighted by Crippen LogP contribution is -2.05. The van der Waals surface area contributed by atoms with Gasteiger partial charge in [-0.25, -0.2) is 0 Å². The Bertz CT molecular complexity index is 382. The zero-order chi connectivity index (χ0) is 12.8. The number of hydrogen-bond acceptors (Lipinski definition) is 5. The van der Waals surface area contributed by atoms with Gasteiger partial charge in [0.25, 0.3) is 0 Å². The summed E-state index contributed by atoms with van der Waals surface area (Å²) in [6, 6.07) is 1.67. The van der Waals surface area contributed by atoms with E-state index in [9.17, 15) is 4.79 Å². The van der Waals surface area contributed by atoms with E-state index in [1.54, 1.807) is 6.07 Å². The third-order valence-corrected chi connectivity index (χ3v) is 3.10. The predicted molar refractivity (Wildman–Crippen MR) is 64.3 cm³/mol. The number of Topliss-reactive ketones (excluding diaryl/α,β-unsaturated/α-hetero) is 1. The maximum atomic E-state index is 11.9. The minimum Gasteiger partial charge on any atom is -0.381 e. The van der Waals surface area contributed by atoms with Gasteiger partial charge >= 0.3 is 0 Å². The van der Waals surface area contributed by atoms with Crippen LogP contribution in [0, 0.1) is 5.92 Å². The summed E-state index contributed by atoms with van der Waals surface area (Å²) in [5.74, 6) is 1.15. The number of rotatable bonds is 7. The lowest BCUT2D eigenvalue weighted by molar-refractivity contribution is 0.0959. The van der Waals surface area contributed by atoms with Crippen LogP contribution in [0.2, 0.25) is 0 Å². The molecule has 0 bridgehead atoms. The molecule has 1 aliphatic heterocycles. The van der Waals surface area contributed by atoms with Crippen LogP contribution >= 0.6 is 0 Å². The Morgan fingerprint density at radius 3 is 3.22 bits per heavy atom. The summed E-state index contributed by atoms with van der Waals surface area (Å²) in [5, 5.41) is 3.78. The molecule has 0 radical (unpaired) electrons. The SMILES string of the molecule is CCOCc1cc(C(=O)CCC2CCOC2)no1. The van der Waals surface area contributed by atoms with E-state index in [2.05, 4.69) is 5.16 Å². The van der Waals surface area contributed by atoms with E-state index in [1.165, 1.54) is 0 Å². The Morgan fingerprint density at radius 1 is 1.61 bits per heavy atom. The zero-order valence-corrected chi connectivity index (χ0v) is 10.7. The van der Waals surface area contributed by atoms with Crippen LogP contribution in [0.5, 0.6) is 0 Å². The average Bonchev–Trinajstić information content (AvgIpc) is 3.04. The highest BCUT2D eigenvalue weighted by atomic mass is 16.5. The van der Waals surface area contributed by atoms with Crippen molar-refractivity contribution >= 4 is 5.78 Å². The van der Waals surface area contributed by atoms with Crippen molar-refractivity contribution in [2.75, 3.05) is 19.8 Å². The van der Waals surface area contributed by atoms with E-state index in [4.69, 9.17) is 14.0 Å². The molecule has 0 spiro atoms. The topological polar surface area (TPSA) is 61.6 Å². The van der Waals surface area contributed by atoms with Crippen molar-refractivity contribution in [3.63, 3.8) is 0 Å². The molecule has 1 aromatic heterocycles. The maximum Gasteiger partial charge on any atom is 0.184 e. The first-order valence-electron chi connectivity index (χ1n) is 6.44. The van der Waals surface area contributed by atoms with Gasteiger partial charge in [0.1, 0.15) is 12.3 Å². The van der Waals surface area contributed by atoms with Crippen molar-refractivity contribution in [2.45, 2.75) is 32.8 Å². The van der Waals surface area contributed by atoms with Gasteiger partial charge in [0.2, 0.25) is 0 Å². The van der Waals surface area contributed by atoms with Gasteiger partial charge in [-0.2, -0.15) is 0 Å². The molecule has 5 heteroatoms. The molecule has 0 saturated carbocycles. The third kappa shape index (κ3) is 3.65. The molecule has 1 saturated heterocycles. The van der Waals surface area contributed by atoms with Crippen molar-refractivity contribution in [2.24, 2.45) is 5.92 Å². The van der Waals surface area contributed by atoms with Gasteiger partial charge in [-0.1, -0.05) is 5.16 Å². The van der Waals surface area contributed by atoms with Crippen LogP contribution in [0.1, 0.15) is 42.4 Å². The monoisotopic (exact) mass is 253 g/mol. The van der Waals surface area contributed by atoms with Gasteiger partial charge in [-0.3, -0.25) is 4.79 Å². The van der Waals surface area contributed by atoms with Crippen molar-refractivity contribution in [1.82, 2.24) is 5.16 Å². The number of carbonyl (C=O) groups is 1. The van der Waals surface area contributed by atoms with Crippen LogP contribution in [-0.4, -0.2) is 30.8 Å². The van der Waals surface area contributed by atoms with E-state index >= 15 is 0 Å².